The minimum atomic E-state index is 0.591. The van der Waals surface area contributed by atoms with Crippen molar-refractivity contribution in [2.75, 3.05) is 33.5 Å². The fraction of sp³-hybridized carbons (Fsp3) is 0.583. The molecule has 0 aromatic carbocycles. The van der Waals surface area contributed by atoms with Gasteiger partial charge in [0, 0.05) is 26.4 Å². The molecule has 1 aromatic rings. The van der Waals surface area contributed by atoms with Crippen LogP contribution in [0.4, 0.5) is 0 Å². The molecule has 1 fully saturated rings. The first kappa shape index (κ1) is 12.8. The normalized spacial score (nSPS) is 15.8. The molecule has 2 rings (SSSR count). The van der Waals surface area contributed by atoms with Crippen LogP contribution in [0.15, 0.2) is 23.4 Å². The van der Waals surface area contributed by atoms with Gasteiger partial charge in [0.1, 0.15) is 0 Å². The zero-order chi connectivity index (χ0) is 11.9. The Hall–Kier alpha value is -0.620. The van der Waals surface area contributed by atoms with Gasteiger partial charge in [0.25, 0.3) is 0 Å². The molecule has 0 bridgehead atoms. The Morgan fingerprint density at radius 1 is 1.53 bits per heavy atom. The first-order chi connectivity index (χ1) is 8.38. The lowest BCUT2D eigenvalue weighted by Crippen LogP contribution is -2.30. The van der Waals surface area contributed by atoms with Gasteiger partial charge in [-0.1, -0.05) is 17.8 Å². The summed E-state index contributed by atoms with van der Waals surface area (Å²) in [4.78, 5) is 4.44. The molecule has 0 unspecified atom stereocenters. The summed E-state index contributed by atoms with van der Waals surface area (Å²) in [6, 6.07) is 4.20. The van der Waals surface area contributed by atoms with E-state index >= 15 is 0 Å². The number of nitrogens with one attached hydrogen (secondary N) is 1. The molecular weight excluding hydrogens is 236 g/mol. The van der Waals surface area contributed by atoms with Gasteiger partial charge in [0.05, 0.1) is 30.1 Å². The van der Waals surface area contributed by atoms with Crippen molar-refractivity contribution in [2.24, 2.45) is 0 Å². The molecule has 1 aliphatic heterocycles. The topological polar surface area (TPSA) is 43.4 Å². The average molecular weight is 254 g/mol. The third kappa shape index (κ3) is 4.27. The zero-order valence-corrected chi connectivity index (χ0v) is 10.8. The summed E-state index contributed by atoms with van der Waals surface area (Å²) in [6.07, 6.45) is 1.93. The van der Waals surface area contributed by atoms with E-state index in [0.29, 0.717) is 5.25 Å². The Kier molecular flexibility index (Phi) is 5.25. The van der Waals surface area contributed by atoms with Crippen molar-refractivity contribution in [2.45, 2.75) is 16.8 Å². The number of thioether (sulfide) groups is 1. The summed E-state index contributed by atoms with van der Waals surface area (Å²) >= 11 is 1.79. The van der Waals surface area contributed by atoms with Crippen LogP contribution in [0, 0.1) is 0 Å². The summed E-state index contributed by atoms with van der Waals surface area (Å²) in [5, 5.41) is 4.97. The molecule has 1 N–H and O–H groups in total. The number of hydrogen-bond donors (Lipinski definition) is 1. The molecule has 0 spiro atoms. The zero-order valence-electron chi connectivity index (χ0n) is 10.0. The van der Waals surface area contributed by atoms with Gasteiger partial charge >= 0.3 is 0 Å². The van der Waals surface area contributed by atoms with Gasteiger partial charge in [-0.3, -0.25) is 0 Å². The average Bonchev–Trinajstić information content (AvgIpc) is 2.31. The van der Waals surface area contributed by atoms with Gasteiger partial charge in [-0.15, -0.1) is 0 Å². The first-order valence-corrected chi connectivity index (χ1v) is 6.65. The van der Waals surface area contributed by atoms with Gasteiger partial charge in [-0.05, 0) is 11.6 Å². The lowest BCUT2D eigenvalue weighted by Gasteiger charge is -2.24. The first-order valence-electron chi connectivity index (χ1n) is 5.77. The van der Waals surface area contributed by atoms with Crippen LogP contribution in [0.1, 0.15) is 5.56 Å². The highest BCUT2D eigenvalue weighted by molar-refractivity contribution is 8.00. The number of aromatic nitrogens is 1. The van der Waals surface area contributed by atoms with E-state index in [0.717, 1.165) is 37.9 Å². The minimum Gasteiger partial charge on any atom is -0.383 e. The Bertz CT molecular complexity index is 328. The quantitative estimate of drug-likeness (QED) is 0.743. The second-order valence-electron chi connectivity index (χ2n) is 3.95. The maximum Gasteiger partial charge on any atom is 0.0964 e. The molecule has 0 atom stereocenters. The van der Waals surface area contributed by atoms with Crippen LogP contribution in [0.5, 0.6) is 0 Å². The molecule has 2 heterocycles. The van der Waals surface area contributed by atoms with Crippen molar-refractivity contribution in [1.29, 1.82) is 0 Å². The lowest BCUT2D eigenvalue weighted by atomic mass is 10.3. The molecule has 1 saturated heterocycles. The number of ether oxygens (including phenoxy) is 2. The van der Waals surface area contributed by atoms with Gasteiger partial charge in [0.2, 0.25) is 0 Å². The third-order valence-electron chi connectivity index (χ3n) is 2.50. The summed E-state index contributed by atoms with van der Waals surface area (Å²) < 4.78 is 10.1. The summed E-state index contributed by atoms with van der Waals surface area (Å²) in [5.41, 5.74) is 1.20. The SMILES string of the molecule is COCCNCc1ccc(SC2COC2)nc1. The summed E-state index contributed by atoms with van der Waals surface area (Å²) in [7, 11) is 1.71. The molecule has 17 heavy (non-hydrogen) atoms. The second kappa shape index (κ2) is 6.96. The van der Waals surface area contributed by atoms with E-state index in [4.69, 9.17) is 9.47 Å². The van der Waals surface area contributed by atoms with Crippen LogP contribution in [-0.4, -0.2) is 43.7 Å². The van der Waals surface area contributed by atoms with Crippen molar-refractivity contribution < 1.29 is 9.47 Å². The van der Waals surface area contributed by atoms with Crippen LogP contribution in [-0.2, 0) is 16.0 Å². The maximum absolute atomic E-state index is 5.14. The molecule has 4 nitrogen and oxygen atoms in total. The minimum absolute atomic E-state index is 0.591. The van der Waals surface area contributed by atoms with Crippen LogP contribution in [0.3, 0.4) is 0 Å². The fourth-order valence-corrected chi connectivity index (χ4v) is 2.38. The number of methoxy groups -OCH3 is 1. The van der Waals surface area contributed by atoms with E-state index < -0.39 is 0 Å². The van der Waals surface area contributed by atoms with Crippen LogP contribution >= 0.6 is 11.8 Å². The standard InChI is InChI=1S/C12H18N2O2S/c1-15-5-4-13-6-10-2-3-12(14-7-10)17-11-8-16-9-11/h2-3,7,11,13H,4-6,8-9H2,1H3. The Morgan fingerprint density at radius 3 is 3.00 bits per heavy atom. The Morgan fingerprint density at radius 2 is 2.41 bits per heavy atom. The van der Waals surface area contributed by atoms with Crippen molar-refractivity contribution >= 4 is 11.8 Å². The van der Waals surface area contributed by atoms with Crippen LogP contribution < -0.4 is 5.32 Å². The molecule has 94 valence electrons. The van der Waals surface area contributed by atoms with E-state index in [1.54, 1.807) is 18.9 Å². The molecule has 1 aromatic heterocycles. The lowest BCUT2D eigenvalue weighted by molar-refractivity contribution is 0.0454. The Labute approximate surface area is 106 Å². The number of hydrogen-bond acceptors (Lipinski definition) is 5. The second-order valence-corrected chi connectivity index (χ2v) is 5.27. The molecule has 0 saturated carbocycles. The van der Waals surface area contributed by atoms with Gasteiger partial charge < -0.3 is 14.8 Å². The Balaban J connectivity index is 1.72. The molecule has 0 amide bonds. The highest BCUT2D eigenvalue weighted by Gasteiger charge is 2.19. The van der Waals surface area contributed by atoms with E-state index in [2.05, 4.69) is 22.4 Å². The highest BCUT2D eigenvalue weighted by Crippen LogP contribution is 2.26. The van der Waals surface area contributed by atoms with E-state index in [9.17, 15) is 0 Å². The molecular formula is C12H18N2O2S. The summed E-state index contributed by atoms with van der Waals surface area (Å²) in [6.45, 7) is 4.16. The number of rotatable bonds is 7. The van der Waals surface area contributed by atoms with Crippen molar-refractivity contribution in [3.8, 4) is 0 Å². The molecule has 1 aliphatic rings. The summed E-state index contributed by atoms with van der Waals surface area (Å²) in [5.74, 6) is 0. The van der Waals surface area contributed by atoms with Crippen molar-refractivity contribution in [3.63, 3.8) is 0 Å². The van der Waals surface area contributed by atoms with Crippen LogP contribution in [0.25, 0.3) is 0 Å². The molecule has 0 aliphatic carbocycles. The van der Waals surface area contributed by atoms with Crippen molar-refractivity contribution in [1.82, 2.24) is 10.3 Å². The third-order valence-corrected chi connectivity index (χ3v) is 3.59. The van der Waals surface area contributed by atoms with E-state index in [-0.39, 0.29) is 0 Å². The van der Waals surface area contributed by atoms with Crippen LogP contribution in [0.2, 0.25) is 0 Å². The predicted octanol–water partition coefficient (Wildman–Crippen LogP) is 1.31. The van der Waals surface area contributed by atoms with Gasteiger partial charge in [0.15, 0.2) is 0 Å². The smallest absolute Gasteiger partial charge is 0.0964 e. The van der Waals surface area contributed by atoms with E-state index in [1.165, 1.54) is 5.56 Å². The maximum atomic E-state index is 5.14. The largest absolute Gasteiger partial charge is 0.383 e. The van der Waals surface area contributed by atoms with E-state index in [1.807, 2.05) is 6.20 Å². The molecule has 5 heteroatoms. The van der Waals surface area contributed by atoms with Gasteiger partial charge in [-0.25, -0.2) is 4.98 Å². The molecule has 0 radical (unpaired) electrons. The highest BCUT2D eigenvalue weighted by atomic mass is 32.2. The monoisotopic (exact) mass is 254 g/mol. The van der Waals surface area contributed by atoms with Crippen molar-refractivity contribution in [3.05, 3.63) is 23.9 Å². The van der Waals surface area contributed by atoms with Gasteiger partial charge in [-0.2, -0.15) is 0 Å². The predicted molar refractivity (Wildman–Crippen MR) is 68.3 cm³/mol. The fourth-order valence-electron chi connectivity index (χ4n) is 1.45. The number of nitrogens with zero attached hydrogens (tertiary/aromatic N) is 1. The number of pyridine rings is 1.